The van der Waals surface area contributed by atoms with Crippen LogP contribution in [-0.4, -0.2) is 38.8 Å². The topological polar surface area (TPSA) is 75.7 Å². The normalized spacial score (nSPS) is 17.7. The Morgan fingerprint density at radius 3 is 2.69 bits per heavy atom. The second-order valence-corrected chi connectivity index (χ2v) is 9.27. The number of methoxy groups -OCH3 is 1. The van der Waals surface area contributed by atoms with E-state index in [0.29, 0.717) is 25.1 Å². The van der Waals surface area contributed by atoms with Crippen LogP contribution in [0.1, 0.15) is 30.9 Å². The molecule has 1 atom stereocenters. The first-order chi connectivity index (χ1) is 13.9. The highest BCUT2D eigenvalue weighted by molar-refractivity contribution is 7.89. The van der Waals surface area contributed by atoms with Crippen molar-refractivity contribution >= 4 is 21.6 Å². The largest absolute Gasteiger partial charge is 0.496 e. The molecule has 0 aromatic heterocycles. The molecule has 1 amide bonds. The van der Waals surface area contributed by atoms with Crippen LogP contribution >= 0.6 is 0 Å². The molecule has 2 aromatic rings. The molecule has 1 aliphatic rings. The Morgan fingerprint density at radius 2 is 2.00 bits per heavy atom. The van der Waals surface area contributed by atoms with Gasteiger partial charge >= 0.3 is 0 Å². The first-order valence-electron chi connectivity index (χ1n) is 9.90. The van der Waals surface area contributed by atoms with Crippen molar-refractivity contribution in [1.82, 2.24) is 4.31 Å². The van der Waals surface area contributed by atoms with Crippen LogP contribution < -0.4 is 10.1 Å². The molecule has 3 rings (SSSR count). The minimum atomic E-state index is -3.66. The van der Waals surface area contributed by atoms with E-state index in [1.54, 1.807) is 25.3 Å². The van der Waals surface area contributed by atoms with Gasteiger partial charge in [-0.1, -0.05) is 25.1 Å². The average molecular weight is 417 g/mol. The number of nitrogens with zero attached hydrogens (tertiary/aromatic N) is 1. The van der Waals surface area contributed by atoms with E-state index in [1.165, 1.54) is 4.31 Å². The fraction of sp³-hybridized carbons (Fsp3) is 0.409. The van der Waals surface area contributed by atoms with E-state index in [0.717, 1.165) is 23.2 Å². The van der Waals surface area contributed by atoms with Gasteiger partial charge < -0.3 is 10.1 Å². The van der Waals surface area contributed by atoms with E-state index in [9.17, 15) is 13.2 Å². The summed E-state index contributed by atoms with van der Waals surface area (Å²) in [6.07, 6.45) is 2.15. The number of carbonyl (C=O) groups is 1. The summed E-state index contributed by atoms with van der Waals surface area (Å²) < 4.78 is 32.9. The lowest BCUT2D eigenvalue weighted by atomic mass is 9.98. The fourth-order valence-electron chi connectivity index (χ4n) is 3.72. The van der Waals surface area contributed by atoms with E-state index in [1.807, 2.05) is 38.1 Å². The number of carbonyl (C=O) groups excluding carboxylic acids is 1. The van der Waals surface area contributed by atoms with Crippen molar-refractivity contribution in [3.05, 3.63) is 53.6 Å². The van der Waals surface area contributed by atoms with Gasteiger partial charge in [0.15, 0.2) is 0 Å². The summed E-state index contributed by atoms with van der Waals surface area (Å²) in [5.74, 6) is 0.147. The van der Waals surface area contributed by atoms with E-state index in [2.05, 4.69) is 5.32 Å². The number of nitrogens with one attached hydrogen (secondary N) is 1. The Kier molecular flexibility index (Phi) is 6.59. The highest BCUT2D eigenvalue weighted by Crippen LogP contribution is 2.28. The van der Waals surface area contributed by atoms with Crippen molar-refractivity contribution in [2.45, 2.75) is 38.0 Å². The van der Waals surface area contributed by atoms with Crippen molar-refractivity contribution in [2.24, 2.45) is 5.92 Å². The number of para-hydroxylation sites is 1. The molecule has 1 fully saturated rings. The van der Waals surface area contributed by atoms with Gasteiger partial charge in [0.05, 0.1) is 17.9 Å². The van der Waals surface area contributed by atoms with E-state index >= 15 is 0 Å². The van der Waals surface area contributed by atoms with Gasteiger partial charge in [0.1, 0.15) is 5.75 Å². The molecular weight excluding hydrogens is 388 g/mol. The van der Waals surface area contributed by atoms with Crippen molar-refractivity contribution in [2.75, 3.05) is 25.5 Å². The standard InChI is InChI=1S/C22H28N2O4S/c1-4-17-8-5-6-10-20(17)23-22(25)18-9-7-13-24(15-18)29(26,27)19-11-12-21(28-3)16(2)14-19/h5-6,8,10-12,14,18H,4,7,9,13,15H2,1-3H3,(H,23,25). The van der Waals surface area contributed by atoms with Crippen LogP contribution in [0.15, 0.2) is 47.4 Å². The number of hydrogen-bond donors (Lipinski definition) is 1. The number of amides is 1. The quantitative estimate of drug-likeness (QED) is 0.781. The number of hydrogen-bond acceptors (Lipinski definition) is 4. The first kappa shape index (κ1) is 21.3. The van der Waals surface area contributed by atoms with Crippen LogP contribution in [0.4, 0.5) is 5.69 Å². The molecule has 0 radical (unpaired) electrons. The summed E-state index contributed by atoms with van der Waals surface area (Å²) in [6.45, 7) is 4.46. The van der Waals surface area contributed by atoms with E-state index in [4.69, 9.17) is 4.74 Å². The number of anilines is 1. The van der Waals surface area contributed by atoms with Gasteiger partial charge in [-0.15, -0.1) is 0 Å². The number of aryl methyl sites for hydroxylation is 2. The maximum Gasteiger partial charge on any atom is 0.243 e. The van der Waals surface area contributed by atoms with Crippen LogP contribution in [0, 0.1) is 12.8 Å². The molecule has 1 saturated heterocycles. The summed E-state index contributed by atoms with van der Waals surface area (Å²) in [5.41, 5.74) is 2.62. The lowest BCUT2D eigenvalue weighted by molar-refractivity contribution is -0.120. The Morgan fingerprint density at radius 1 is 1.24 bits per heavy atom. The van der Waals surface area contributed by atoms with Crippen LogP contribution in [0.2, 0.25) is 0 Å². The molecule has 0 saturated carbocycles. The Labute approximate surface area is 172 Å². The second-order valence-electron chi connectivity index (χ2n) is 7.33. The molecular formula is C22H28N2O4S. The first-order valence-corrected chi connectivity index (χ1v) is 11.3. The molecule has 0 aliphatic carbocycles. The molecule has 6 nitrogen and oxygen atoms in total. The van der Waals surface area contributed by atoms with Gasteiger partial charge in [0, 0.05) is 18.8 Å². The maximum atomic E-state index is 13.1. The van der Waals surface area contributed by atoms with Crippen molar-refractivity contribution in [1.29, 1.82) is 0 Å². The minimum absolute atomic E-state index is 0.128. The molecule has 29 heavy (non-hydrogen) atoms. The Hall–Kier alpha value is -2.38. The average Bonchev–Trinajstić information content (AvgIpc) is 2.74. The summed E-state index contributed by atoms with van der Waals surface area (Å²) in [4.78, 5) is 13.1. The van der Waals surface area contributed by atoms with Crippen molar-refractivity contribution in [3.8, 4) is 5.75 Å². The van der Waals surface area contributed by atoms with Gasteiger partial charge in [-0.3, -0.25) is 4.79 Å². The molecule has 156 valence electrons. The number of ether oxygens (including phenoxy) is 1. The SMILES string of the molecule is CCc1ccccc1NC(=O)C1CCCN(S(=O)(=O)c2ccc(OC)c(C)c2)C1. The molecule has 7 heteroatoms. The third-order valence-electron chi connectivity index (χ3n) is 5.42. The van der Waals surface area contributed by atoms with Crippen LogP contribution in [0.25, 0.3) is 0 Å². The fourth-order valence-corrected chi connectivity index (χ4v) is 5.33. The monoisotopic (exact) mass is 416 g/mol. The third-order valence-corrected chi connectivity index (χ3v) is 7.28. The lowest BCUT2D eigenvalue weighted by Gasteiger charge is -2.31. The zero-order valence-electron chi connectivity index (χ0n) is 17.1. The Balaban J connectivity index is 1.76. The number of rotatable bonds is 6. The molecule has 1 aliphatic heterocycles. The van der Waals surface area contributed by atoms with Gasteiger partial charge in [-0.25, -0.2) is 8.42 Å². The lowest BCUT2D eigenvalue weighted by Crippen LogP contribution is -2.43. The predicted molar refractivity (Wildman–Crippen MR) is 114 cm³/mol. The van der Waals surface area contributed by atoms with Crippen LogP contribution in [-0.2, 0) is 21.2 Å². The van der Waals surface area contributed by atoms with Crippen molar-refractivity contribution < 1.29 is 17.9 Å². The molecule has 0 bridgehead atoms. The number of sulfonamides is 1. The van der Waals surface area contributed by atoms with Crippen LogP contribution in [0.5, 0.6) is 5.75 Å². The maximum absolute atomic E-state index is 13.1. The van der Waals surface area contributed by atoms with Gasteiger partial charge in [0.2, 0.25) is 15.9 Å². The van der Waals surface area contributed by atoms with Gasteiger partial charge in [-0.2, -0.15) is 4.31 Å². The summed E-state index contributed by atoms with van der Waals surface area (Å²) >= 11 is 0. The smallest absolute Gasteiger partial charge is 0.243 e. The zero-order chi connectivity index (χ0) is 21.0. The number of benzene rings is 2. The van der Waals surface area contributed by atoms with Crippen LogP contribution in [0.3, 0.4) is 0 Å². The predicted octanol–water partition coefficient (Wildman–Crippen LogP) is 3.61. The minimum Gasteiger partial charge on any atom is -0.496 e. The molecule has 2 aromatic carbocycles. The van der Waals surface area contributed by atoms with Gasteiger partial charge in [-0.05, 0) is 61.6 Å². The molecule has 1 heterocycles. The van der Waals surface area contributed by atoms with E-state index < -0.39 is 10.0 Å². The summed E-state index contributed by atoms with van der Waals surface area (Å²) in [6, 6.07) is 12.5. The van der Waals surface area contributed by atoms with Gasteiger partial charge in [0.25, 0.3) is 0 Å². The Bertz CT molecular complexity index is 988. The second kappa shape index (κ2) is 8.97. The summed E-state index contributed by atoms with van der Waals surface area (Å²) in [5, 5.41) is 2.99. The molecule has 0 spiro atoms. The third kappa shape index (κ3) is 4.62. The molecule has 1 unspecified atom stereocenters. The zero-order valence-corrected chi connectivity index (χ0v) is 18.0. The summed E-state index contributed by atoms with van der Waals surface area (Å²) in [7, 11) is -2.11. The van der Waals surface area contributed by atoms with E-state index in [-0.39, 0.29) is 23.3 Å². The highest BCUT2D eigenvalue weighted by Gasteiger charge is 2.33. The number of piperidine rings is 1. The van der Waals surface area contributed by atoms with Crippen molar-refractivity contribution in [3.63, 3.8) is 0 Å². The molecule has 1 N–H and O–H groups in total. The highest BCUT2D eigenvalue weighted by atomic mass is 32.2.